The number of para-hydroxylation sites is 1. The average molecular weight is 237 g/mol. The summed E-state index contributed by atoms with van der Waals surface area (Å²) in [6, 6.07) is 15.5. The van der Waals surface area contributed by atoms with Gasteiger partial charge < -0.3 is 10.6 Å². The number of nitriles is 1. The fraction of sp³-hybridized carbons (Fsp3) is 0.133. The molecule has 0 saturated heterocycles. The summed E-state index contributed by atoms with van der Waals surface area (Å²) in [6.07, 6.45) is 0. The lowest BCUT2D eigenvalue weighted by atomic mass is 10.1. The van der Waals surface area contributed by atoms with Gasteiger partial charge in [-0.2, -0.15) is 5.26 Å². The normalized spacial score (nSPS) is 9.83. The number of hydrogen-bond acceptors (Lipinski definition) is 3. The van der Waals surface area contributed by atoms with Crippen LogP contribution in [0.2, 0.25) is 0 Å². The number of rotatable bonds is 2. The second kappa shape index (κ2) is 4.80. The van der Waals surface area contributed by atoms with Crippen LogP contribution in [-0.2, 0) is 0 Å². The van der Waals surface area contributed by atoms with Crippen molar-refractivity contribution in [2.24, 2.45) is 0 Å². The molecule has 0 aliphatic rings. The Morgan fingerprint density at radius 2 is 1.83 bits per heavy atom. The summed E-state index contributed by atoms with van der Waals surface area (Å²) < 4.78 is 0. The van der Waals surface area contributed by atoms with Crippen molar-refractivity contribution >= 4 is 17.1 Å². The third-order valence-electron chi connectivity index (χ3n) is 3.00. The van der Waals surface area contributed by atoms with E-state index in [1.165, 1.54) is 5.56 Å². The van der Waals surface area contributed by atoms with Crippen LogP contribution in [-0.4, -0.2) is 7.05 Å². The third-order valence-corrected chi connectivity index (χ3v) is 3.00. The Labute approximate surface area is 107 Å². The highest BCUT2D eigenvalue weighted by atomic mass is 15.1. The third kappa shape index (κ3) is 2.14. The largest absolute Gasteiger partial charge is 0.397 e. The lowest BCUT2D eigenvalue weighted by Crippen LogP contribution is -2.13. The number of nitrogens with zero attached hydrogens (tertiary/aromatic N) is 2. The molecule has 0 saturated carbocycles. The topological polar surface area (TPSA) is 53.0 Å². The predicted octanol–water partition coefficient (Wildman–Crippen LogP) is 3.22. The van der Waals surface area contributed by atoms with E-state index in [1.54, 1.807) is 12.1 Å². The summed E-state index contributed by atoms with van der Waals surface area (Å²) >= 11 is 0. The molecule has 2 N–H and O–H groups in total. The molecule has 0 radical (unpaired) electrons. The average Bonchev–Trinajstić information content (AvgIpc) is 2.39. The first kappa shape index (κ1) is 12.0. The van der Waals surface area contributed by atoms with Gasteiger partial charge in [0.1, 0.15) is 0 Å². The van der Waals surface area contributed by atoms with Gasteiger partial charge in [0.15, 0.2) is 0 Å². The Hall–Kier alpha value is -2.47. The predicted molar refractivity (Wildman–Crippen MR) is 74.8 cm³/mol. The Balaban J connectivity index is 2.49. The van der Waals surface area contributed by atoms with Crippen molar-refractivity contribution < 1.29 is 0 Å². The maximum atomic E-state index is 8.95. The molecule has 0 amide bonds. The Morgan fingerprint density at radius 1 is 1.11 bits per heavy atom. The number of anilines is 3. The van der Waals surface area contributed by atoms with E-state index in [2.05, 4.69) is 19.1 Å². The van der Waals surface area contributed by atoms with Gasteiger partial charge in [-0.1, -0.05) is 18.2 Å². The fourth-order valence-electron chi connectivity index (χ4n) is 1.97. The maximum Gasteiger partial charge on any atom is 0.0992 e. The quantitative estimate of drug-likeness (QED) is 0.816. The number of nitrogens with two attached hydrogens (primary N) is 1. The Morgan fingerprint density at radius 3 is 2.50 bits per heavy atom. The molecule has 2 rings (SSSR count). The minimum absolute atomic E-state index is 0.611. The number of aryl methyl sites for hydroxylation is 1. The Bertz CT molecular complexity index is 611. The second-order valence-electron chi connectivity index (χ2n) is 4.23. The summed E-state index contributed by atoms with van der Waals surface area (Å²) in [5, 5.41) is 8.95. The zero-order valence-corrected chi connectivity index (χ0v) is 10.5. The molecule has 0 bridgehead atoms. The van der Waals surface area contributed by atoms with E-state index in [0.717, 1.165) is 11.4 Å². The second-order valence-corrected chi connectivity index (χ2v) is 4.23. The van der Waals surface area contributed by atoms with Crippen LogP contribution < -0.4 is 10.6 Å². The van der Waals surface area contributed by atoms with Crippen LogP contribution in [0, 0.1) is 18.3 Å². The Kier molecular flexibility index (Phi) is 3.20. The van der Waals surface area contributed by atoms with Gasteiger partial charge >= 0.3 is 0 Å². The van der Waals surface area contributed by atoms with Crippen LogP contribution in [0.1, 0.15) is 11.1 Å². The molecule has 0 aliphatic carbocycles. The molecule has 0 aliphatic heterocycles. The summed E-state index contributed by atoms with van der Waals surface area (Å²) in [7, 11) is 1.95. The van der Waals surface area contributed by atoms with E-state index in [9.17, 15) is 0 Å². The van der Waals surface area contributed by atoms with Crippen molar-refractivity contribution in [1.29, 1.82) is 5.26 Å². The van der Waals surface area contributed by atoms with Crippen LogP contribution in [0.15, 0.2) is 42.5 Å². The maximum absolute atomic E-state index is 8.95. The lowest BCUT2D eigenvalue weighted by Gasteiger charge is -2.23. The van der Waals surface area contributed by atoms with E-state index in [4.69, 9.17) is 11.0 Å². The molecule has 0 fully saturated rings. The van der Waals surface area contributed by atoms with Crippen LogP contribution in [0.25, 0.3) is 0 Å². The first-order chi connectivity index (χ1) is 8.63. The van der Waals surface area contributed by atoms with E-state index in [1.807, 2.05) is 36.2 Å². The van der Waals surface area contributed by atoms with Crippen LogP contribution in [0.3, 0.4) is 0 Å². The van der Waals surface area contributed by atoms with Gasteiger partial charge in [0, 0.05) is 12.7 Å². The highest BCUT2D eigenvalue weighted by Crippen LogP contribution is 2.31. The van der Waals surface area contributed by atoms with Crippen molar-refractivity contribution in [1.82, 2.24) is 0 Å². The number of nitrogen functional groups attached to an aromatic ring is 1. The molecule has 3 heteroatoms. The molecular weight excluding hydrogens is 222 g/mol. The van der Waals surface area contributed by atoms with Gasteiger partial charge in [0.05, 0.1) is 23.0 Å². The van der Waals surface area contributed by atoms with Crippen molar-refractivity contribution in [2.45, 2.75) is 6.92 Å². The molecule has 0 unspecified atom stereocenters. The molecule has 2 aromatic rings. The standard InChI is InChI=1S/C15H15N3/c1-11-5-3-4-6-14(11)18(2)15-9-12(10-16)7-8-13(15)17/h3-9H,17H2,1-2H3. The van der Waals surface area contributed by atoms with Crippen molar-refractivity contribution in [2.75, 3.05) is 17.7 Å². The van der Waals surface area contributed by atoms with Crippen LogP contribution in [0.4, 0.5) is 17.1 Å². The molecular formula is C15H15N3. The fourth-order valence-corrected chi connectivity index (χ4v) is 1.97. The van der Waals surface area contributed by atoms with Crippen molar-refractivity contribution in [3.63, 3.8) is 0 Å². The lowest BCUT2D eigenvalue weighted by molar-refractivity contribution is 1.18. The summed E-state index contributed by atoms with van der Waals surface area (Å²) in [6.45, 7) is 2.05. The highest BCUT2D eigenvalue weighted by Gasteiger charge is 2.10. The van der Waals surface area contributed by atoms with Gasteiger partial charge in [0.2, 0.25) is 0 Å². The first-order valence-electron chi connectivity index (χ1n) is 5.72. The van der Waals surface area contributed by atoms with E-state index >= 15 is 0 Å². The van der Waals surface area contributed by atoms with Gasteiger partial charge in [-0.15, -0.1) is 0 Å². The molecule has 3 nitrogen and oxygen atoms in total. The minimum atomic E-state index is 0.611. The number of hydrogen-bond donors (Lipinski definition) is 1. The van der Waals surface area contributed by atoms with E-state index < -0.39 is 0 Å². The summed E-state index contributed by atoms with van der Waals surface area (Å²) in [5.41, 5.74) is 10.4. The first-order valence-corrected chi connectivity index (χ1v) is 5.72. The monoisotopic (exact) mass is 237 g/mol. The smallest absolute Gasteiger partial charge is 0.0992 e. The minimum Gasteiger partial charge on any atom is -0.397 e. The molecule has 2 aromatic carbocycles. The van der Waals surface area contributed by atoms with Crippen LogP contribution >= 0.6 is 0 Å². The van der Waals surface area contributed by atoms with E-state index in [-0.39, 0.29) is 0 Å². The molecule has 0 atom stereocenters. The van der Waals surface area contributed by atoms with Crippen molar-refractivity contribution in [3.05, 3.63) is 53.6 Å². The van der Waals surface area contributed by atoms with Gasteiger partial charge in [0.25, 0.3) is 0 Å². The van der Waals surface area contributed by atoms with Gasteiger partial charge in [-0.3, -0.25) is 0 Å². The molecule has 90 valence electrons. The molecule has 0 heterocycles. The highest BCUT2D eigenvalue weighted by molar-refractivity contribution is 5.76. The van der Waals surface area contributed by atoms with Gasteiger partial charge in [-0.05, 0) is 36.8 Å². The van der Waals surface area contributed by atoms with Crippen molar-refractivity contribution in [3.8, 4) is 6.07 Å². The zero-order valence-electron chi connectivity index (χ0n) is 10.5. The number of benzene rings is 2. The van der Waals surface area contributed by atoms with Gasteiger partial charge in [-0.25, -0.2) is 0 Å². The summed E-state index contributed by atoms with van der Waals surface area (Å²) in [4.78, 5) is 2.01. The molecule has 18 heavy (non-hydrogen) atoms. The molecule has 0 spiro atoms. The van der Waals surface area contributed by atoms with Crippen LogP contribution in [0.5, 0.6) is 0 Å². The zero-order chi connectivity index (χ0) is 13.1. The summed E-state index contributed by atoms with van der Waals surface area (Å²) in [5.74, 6) is 0. The van der Waals surface area contributed by atoms with E-state index in [0.29, 0.717) is 11.3 Å². The SMILES string of the molecule is Cc1ccccc1N(C)c1cc(C#N)ccc1N. The molecule has 0 aromatic heterocycles.